The van der Waals surface area contributed by atoms with Crippen molar-refractivity contribution >= 4 is 38.4 Å². The lowest BCUT2D eigenvalue weighted by Gasteiger charge is -2.20. The monoisotopic (exact) mass is 564 g/mol. The van der Waals surface area contributed by atoms with Crippen LogP contribution in [-0.2, 0) is 0 Å². The van der Waals surface area contributed by atoms with Gasteiger partial charge in [-0.15, -0.1) is 0 Å². The molecule has 1 unspecified atom stereocenters. The van der Waals surface area contributed by atoms with Crippen molar-refractivity contribution in [1.82, 2.24) is 10.2 Å². The fourth-order valence-electron chi connectivity index (χ4n) is 6.60. The first kappa shape index (κ1) is 24.8. The molecule has 0 saturated heterocycles. The quantitative estimate of drug-likeness (QED) is 0.231. The molecule has 0 fully saturated rings. The van der Waals surface area contributed by atoms with Crippen LogP contribution in [0.3, 0.4) is 0 Å². The topological polar surface area (TPSA) is 28.4 Å². The lowest BCUT2D eigenvalue weighted by atomic mass is 9.93. The van der Waals surface area contributed by atoms with Crippen LogP contribution in [0.15, 0.2) is 162 Å². The molecule has 0 saturated carbocycles. The van der Waals surface area contributed by atoms with Gasteiger partial charge in [-0.2, -0.15) is 0 Å². The van der Waals surface area contributed by atoms with Crippen LogP contribution in [0.5, 0.6) is 0 Å². The van der Waals surface area contributed by atoms with Gasteiger partial charge in [-0.05, 0) is 74.5 Å². The largest absolute Gasteiger partial charge is 0.455 e. The minimum absolute atomic E-state index is 0.195. The van der Waals surface area contributed by atoms with E-state index in [2.05, 4.69) is 168 Å². The zero-order chi connectivity index (χ0) is 29.0. The Kier molecular flexibility index (Phi) is 5.57. The van der Waals surface area contributed by atoms with Crippen molar-refractivity contribution in [2.75, 3.05) is 0 Å². The summed E-state index contributed by atoms with van der Waals surface area (Å²) in [6, 6.07) is 45.6. The summed E-state index contributed by atoms with van der Waals surface area (Å²) < 4.78 is 6.63. The summed E-state index contributed by atoms with van der Waals surface area (Å²) in [5, 5.41) is 8.27. The lowest BCUT2D eigenvalue weighted by Crippen LogP contribution is -2.31. The normalized spacial score (nSPS) is 15.6. The molecule has 208 valence electrons. The van der Waals surface area contributed by atoms with Crippen LogP contribution in [0.25, 0.3) is 71.8 Å². The highest BCUT2D eigenvalue weighted by Crippen LogP contribution is 2.42. The molecule has 0 amide bonds. The number of nitrogens with zero attached hydrogens (tertiary/aromatic N) is 1. The molecule has 0 radical (unpaired) electrons. The minimum atomic E-state index is 0.195. The Morgan fingerprint density at radius 1 is 0.545 bits per heavy atom. The van der Waals surface area contributed by atoms with E-state index in [9.17, 15) is 0 Å². The second-order valence-electron chi connectivity index (χ2n) is 11.5. The molecule has 9 rings (SSSR count). The van der Waals surface area contributed by atoms with Crippen LogP contribution < -0.4 is 5.32 Å². The number of fused-ring (bicyclic) bond motifs is 5. The molecule has 7 aromatic rings. The van der Waals surface area contributed by atoms with Crippen LogP contribution in [0.2, 0.25) is 0 Å². The molecule has 1 aromatic heterocycles. The molecule has 3 heteroatoms. The van der Waals surface area contributed by atoms with E-state index >= 15 is 0 Å². The molecule has 6 aromatic carbocycles. The van der Waals surface area contributed by atoms with Gasteiger partial charge >= 0.3 is 0 Å². The highest BCUT2D eigenvalue weighted by molar-refractivity contribution is 6.18. The summed E-state index contributed by atoms with van der Waals surface area (Å²) in [7, 11) is 0. The van der Waals surface area contributed by atoms with Crippen LogP contribution in [0, 0.1) is 0 Å². The number of rotatable bonds is 4. The SMILES string of the molecule is C1=CC2NC(c3ccc(-c4ccc(-c5c6ccccc6cc6c5oc5ccc(-c7ccccc7)cc56)cc4)cc3)=CN2C=C1. The minimum Gasteiger partial charge on any atom is -0.455 e. The highest BCUT2D eigenvalue weighted by atomic mass is 16.3. The Bertz CT molecular complexity index is 2290. The predicted octanol–water partition coefficient (Wildman–Crippen LogP) is 10.4. The maximum atomic E-state index is 6.63. The number of hydrogen-bond donors (Lipinski definition) is 1. The molecule has 0 bridgehead atoms. The van der Waals surface area contributed by atoms with E-state index < -0.39 is 0 Å². The van der Waals surface area contributed by atoms with Crippen molar-refractivity contribution in [2.24, 2.45) is 0 Å². The van der Waals surface area contributed by atoms with Crippen molar-refractivity contribution in [3.05, 3.63) is 164 Å². The van der Waals surface area contributed by atoms with Crippen molar-refractivity contribution in [1.29, 1.82) is 0 Å². The summed E-state index contributed by atoms with van der Waals surface area (Å²) in [5.41, 5.74) is 11.2. The third-order valence-corrected chi connectivity index (χ3v) is 8.86. The third kappa shape index (κ3) is 4.05. The molecule has 0 spiro atoms. The van der Waals surface area contributed by atoms with Crippen molar-refractivity contribution in [2.45, 2.75) is 6.17 Å². The Morgan fingerprint density at radius 2 is 1.23 bits per heavy atom. The van der Waals surface area contributed by atoms with Crippen LogP contribution >= 0.6 is 0 Å². The first-order valence-corrected chi connectivity index (χ1v) is 15.0. The molecule has 3 nitrogen and oxygen atoms in total. The van der Waals surface area contributed by atoms with Crippen molar-refractivity contribution in [3.8, 4) is 33.4 Å². The first-order chi connectivity index (χ1) is 21.8. The molecule has 0 aliphatic carbocycles. The summed E-state index contributed by atoms with van der Waals surface area (Å²) >= 11 is 0. The van der Waals surface area contributed by atoms with Gasteiger partial charge in [0.2, 0.25) is 0 Å². The molecule has 1 N–H and O–H groups in total. The number of hydrogen-bond acceptors (Lipinski definition) is 3. The fourth-order valence-corrected chi connectivity index (χ4v) is 6.60. The second kappa shape index (κ2) is 9.89. The summed E-state index contributed by atoms with van der Waals surface area (Å²) in [6.45, 7) is 0. The van der Waals surface area contributed by atoms with Gasteiger partial charge in [0, 0.05) is 28.7 Å². The molecule has 44 heavy (non-hydrogen) atoms. The number of allylic oxidation sites excluding steroid dienone is 2. The Balaban J connectivity index is 1.10. The standard InChI is InChI=1S/C41H28N2O/c1-2-8-27(9-3-1)32-21-22-38-35(24-32)36-25-33-10-4-5-11-34(33)40(41(36)44-38)31-19-15-29(16-20-31)28-13-17-30(18-14-28)37-26-43-23-7-6-12-39(43)42-37/h1-26,39,42H. The van der Waals surface area contributed by atoms with Gasteiger partial charge in [0.15, 0.2) is 0 Å². The average molecular weight is 565 g/mol. The zero-order valence-corrected chi connectivity index (χ0v) is 23.9. The van der Waals surface area contributed by atoms with Gasteiger partial charge in [0.25, 0.3) is 0 Å². The number of nitrogens with one attached hydrogen (secondary N) is 1. The molecule has 1 atom stereocenters. The van der Waals surface area contributed by atoms with Crippen LogP contribution in [0.4, 0.5) is 0 Å². The van der Waals surface area contributed by atoms with E-state index in [-0.39, 0.29) is 6.17 Å². The van der Waals surface area contributed by atoms with Gasteiger partial charge in [0.05, 0.1) is 5.70 Å². The van der Waals surface area contributed by atoms with E-state index in [4.69, 9.17) is 4.42 Å². The molecule has 2 aliphatic heterocycles. The van der Waals surface area contributed by atoms with Gasteiger partial charge < -0.3 is 14.6 Å². The Morgan fingerprint density at radius 3 is 2.02 bits per heavy atom. The zero-order valence-electron chi connectivity index (χ0n) is 23.9. The summed E-state index contributed by atoms with van der Waals surface area (Å²) in [6.07, 6.45) is 10.8. The number of furan rings is 1. The van der Waals surface area contributed by atoms with Gasteiger partial charge in [-0.25, -0.2) is 0 Å². The van der Waals surface area contributed by atoms with E-state index in [1.165, 1.54) is 38.6 Å². The second-order valence-corrected chi connectivity index (χ2v) is 11.5. The number of benzene rings is 6. The van der Waals surface area contributed by atoms with Crippen LogP contribution in [-0.4, -0.2) is 11.1 Å². The first-order valence-electron chi connectivity index (χ1n) is 15.0. The van der Waals surface area contributed by atoms with Gasteiger partial charge in [-0.1, -0.05) is 115 Å². The Hall–Kier alpha value is -5.80. The average Bonchev–Trinajstić information content (AvgIpc) is 3.69. The van der Waals surface area contributed by atoms with Gasteiger partial charge in [-0.3, -0.25) is 0 Å². The molecule has 2 aliphatic rings. The van der Waals surface area contributed by atoms with Crippen molar-refractivity contribution in [3.63, 3.8) is 0 Å². The summed E-state index contributed by atoms with van der Waals surface area (Å²) in [5.74, 6) is 0. The van der Waals surface area contributed by atoms with E-state index in [1.54, 1.807) is 0 Å². The van der Waals surface area contributed by atoms with E-state index in [1.807, 2.05) is 0 Å². The predicted molar refractivity (Wildman–Crippen MR) is 183 cm³/mol. The molecule has 3 heterocycles. The van der Waals surface area contributed by atoms with Crippen LogP contribution in [0.1, 0.15) is 5.56 Å². The molecular formula is C41H28N2O. The Labute approximate surface area is 255 Å². The fraction of sp³-hybridized carbons (Fsp3) is 0.0244. The summed E-state index contributed by atoms with van der Waals surface area (Å²) in [4.78, 5) is 2.19. The van der Waals surface area contributed by atoms with Crippen molar-refractivity contribution < 1.29 is 4.42 Å². The molecular weight excluding hydrogens is 536 g/mol. The third-order valence-electron chi connectivity index (χ3n) is 8.86. The maximum Gasteiger partial charge on any atom is 0.143 e. The smallest absolute Gasteiger partial charge is 0.143 e. The van der Waals surface area contributed by atoms with E-state index in [0.29, 0.717) is 0 Å². The highest BCUT2D eigenvalue weighted by Gasteiger charge is 2.22. The van der Waals surface area contributed by atoms with Gasteiger partial charge in [0.1, 0.15) is 17.3 Å². The maximum absolute atomic E-state index is 6.63. The van der Waals surface area contributed by atoms with E-state index in [0.717, 1.165) is 38.8 Å². The lowest BCUT2D eigenvalue weighted by molar-refractivity contribution is 0.427.